The van der Waals surface area contributed by atoms with Crippen molar-refractivity contribution in [2.45, 2.75) is 19.9 Å². The summed E-state index contributed by atoms with van der Waals surface area (Å²) in [5.41, 5.74) is 1.40. The maximum atomic E-state index is 12.3. The first kappa shape index (κ1) is 15.7. The fourth-order valence-corrected chi connectivity index (χ4v) is 3.56. The maximum Gasteiger partial charge on any atom is 0.329 e. The van der Waals surface area contributed by atoms with Crippen molar-refractivity contribution in [3.8, 4) is 0 Å². The highest BCUT2D eigenvalue weighted by molar-refractivity contribution is 5.74. The van der Waals surface area contributed by atoms with Crippen molar-refractivity contribution in [2.75, 3.05) is 18.0 Å². The Morgan fingerprint density at radius 2 is 1.96 bits per heavy atom. The predicted molar refractivity (Wildman–Crippen MR) is 97.1 cm³/mol. The van der Waals surface area contributed by atoms with Crippen LogP contribution in [0.3, 0.4) is 0 Å². The van der Waals surface area contributed by atoms with Gasteiger partial charge in [-0.2, -0.15) is 4.98 Å². The Morgan fingerprint density at radius 3 is 2.72 bits per heavy atom. The Hall–Kier alpha value is -2.83. The lowest BCUT2D eigenvalue weighted by Crippen LogP contribution is -2.39. The number of anilines is 1. The molecule has 1 N–H and O–H groups in total. The van der Waals surface area contributed by atoms with Gasteiger partial charge in [-0.15, -0.1) is 0 Å². The van der Waals surface area contributed by atoms with Crippen molar-refractivity contribution in [3.05, 3.63) is 56.7 Å². The van der Waals surface area contributed by atoms with Crippen molar-refractivity contribution in [1.82, 2.24) is 19.1 Å². The number of nitrogens with zero attached hydrogens (tertiary/aromatic N) is 4. The van der Waals surface area contributed by atoms with Crippen molar-refractivity contribution >= 4 is 17.1 Å². The summed E-state index contributed by atoms with van der Waals surface area (Å²) >= 11 is 0. The Labute approximate surface area is 144 Å². The first-order valence-corrected chi connectivity index (χ1v) is 8.53. The third kappa shape index (κ3) is 2.65. The normalized spacial score (nSPS) is 17.0. The van der Waals surface area contributed by atoms with E-state index >= 15 is 0 Å². The number of hydrogen-bond acceptors (Lipinski definition) is 4. The summed E-state index contributed by atoms with van der Waals surface area (Å²) in [4.78, 5) is 33.4. The number of nitrogens with one attached hydrogen (secondary N) is 1. The van der Waals surface area contributed by atoms with E-state index in [1.807, 2.05) is 22.8 Å². The lowest BCUT2D eigenvalue weighted by Gasteiger charge is -2.33. The van der Waals surface area contributed by atoms with Crippen LogP contribution in [0.2, 0.25) is 0 Å². The second kappa shape index (κ2) is 5.91. The van der Waals surface area contributed by atoms with Gasteiger partial charge in [-0.05, 0) is 17.9 Å². The van der Waals surface area contributed by atoms with Crippen LogP contribution in [0.4, 0.5) is 5.95 Å². The monoisotopic (exact) mass is 339 g/mol. The van der Waals surface area contributed by atoms with Crippen LogP contribution < -0.4 is 16.1 Å². The van der Waals surface area contributed by atoms with Gasteiger partial charge in [0, 0.05) is 26.7 Å². The molecule has 7 nitrogen and oxygen atoms in total. The minimum Gasteiger partial charge on any atom is -0.342 e. The Balaban J connectivity index is 1.77. The number of aromatic nitrogens is 4. The summed E-state index contributed by atoms with van der Waals surface area (Å²) < 4.78 is 3.36. The van der Waals surface area contributed by atoms with E-state index in [1.165, 1.54) is 10.1 Å². The molecule has 0 saturated heterocycles. The van der Waals surface area contributed by atoms with E-state index in [0.717, 1.165) is 32.0 Å². The topological polar surface area (TPSA) is 75.9 Å². The minimum atomic E-state index is -0.433. The van der Waals surface area contributed by atoms with E-state index < -0.39 is 5.69 Å². The minimum absolute atomic E-state index is 0.367. The van der Waals surface area contributed by atoms with Gasteiger partial charge < -0.3 is 9.47 Å². The Kier molecular flexibility index (Phi) is 3.71. The van der Waals surface area contributed by atoms with Crippen LogP contribution in [0.5, 0.6) is 0 Å². The molecule has 1 aliphatic rings. The number of aryl methyl sites for hydroxylation is 1. The summed E-state index contributed by atoms with van der Waals surface area (Å²) in [6.07, 6.45) is 0.909. The van der Waals surface area contributed by atoms with Gasteiger partial charge in [0.05, 0.1) is 0 Å². The van der Waals surface area contributed by atoms with Gasteiger partial charge in [0.2, 0.25) is 5.95 Å². The molecule has 130 valence electrons. The van der Waals surface area contributed by atoms with Crippen LogP contribution in [0, 0.1) is 5.92 Å². The summed E-state index contributed by atoms with van der Waals surface area (Å²) in [5.74, 6) is 1.17. The van der Waals surface area contributed by atoms with E-state index in [-0.39, 0.29) is 5.56 Å². The number of hydrogen-bond donors (Lipinski definition) is 1. The van der Waals surface area contributed by atoms with Gasteiger partial charge >= 0.3 is 5.69 Å². The van der Waals surface area contributed by atoms with Crippen LogP contribution in [0.25, 0.3) is 11.2 Å². The fraction of sp³-hybridized carbons (Fsp3) is 0.389. The molecule has 7 heteroatoms. The highest BCUT2D eigenvalue weighted by Gasteiger charge is 2.27. The highest BCUT2D eigenvalue weighted by atomic mass is 16.2. The first-order valence-electron chi connectivity index (χ1n) is 8.53. The zero-order valence-corrected chi connectivity index (χ0v) is 14.4. The van der Waals surface area contributed by atoms with Crippen molar-refractivity contribution < 1.29 is 0 Å². The second-order valence-corrected chi connectivity index (χ2v) is 6.80. The van der Waals surface area contributed by atoms with Crippen LogP contribution >= 0.6 is 0 Å². The molecule has 0 spiro atoms. The van der Waals surface area contributed by atoms with Gasteiger partial charge in [0.15, 0.2) is 11.2 Å². The average Bonchev–Trinajstić information content (AvgIpc) is 2.98. The third-order valence-corrected chi connectivity index (χ3v) is 4.81. The van der Waals surface area contributed by atoms with E-state index in [4.69, 9.17) is 0 Å². The summed E-state index contributed by atoms with van der Waals surface area (Å²) in [7, 11) is 1.64. The molecule has 0 aliphatic carbocycles. The number of fused-ring (bicyclic) bond motifs is 3. The smallest absolute Gasteiger partial charge is 0.329 e. The molecular formula is C18H21N5O2. The zero-order valence-electron chi connectivity index (χ0n) is 14.4. The lowest BCUT2D eigenvalue weighted by atomic mass is 10.1. The lowest BCUT2D eigenvalue weighted by molar-refractivity contribution is 0.437. The number of benzene rings is 1. The van der Waals surface area contributed by atoms with Gasteiger partial charge in [-0.1, -0.05) is 37.3 Å². The summed E-state index contributed by atoms with van der Waals surface area (Å²) in [6.45, 7) is 4.61. The predicted octanol–water partition coefficient (Wildman–Crippen LogP) is 1.12. The van der Waals surface area contributed by atoms with Crippen molar-refractivity contribution in [2.24, 2.45) is 13.0 Å². The Morgan fingerprint density at radius 1 is 1.20 bits per heavy atom. The summed E-state index contributed by atoms with van der Waals surface area (Å²) in [6, 6.07) is 10.3. The van der Waals surface area contributed by atoms with Gasteiger partial charge in [-0.3, -0.25) is 14.3 Å². The van der Waals surface area contributed by atoms with Gasteiger partial charge in [0.1, 0.15) is 0 Å². The SMILES string of the molecule is C[C@H]1CN(CCc2ccccc2)c2nc3c(c(=O)[nH]c(=O)n3C)n2C1. The molecule has 0 unspecified atom stereocenters. The molecule has 0 amide bonds. The highest BCUT2D eigenvalue weighted by Crippen LogP contribution is 2.26. The molecular weight excluding hydrogens is 318 g/mol. The van der Waals surface area contributed by atoms with Crippen LogP contribution in [0.1, 0.15) is 12.5 Å². The first-order chi connectivity index (χ1) is 12.0. The molecule has 0 radical (unpaired) electrons. The van der Waals surface area contributed by atoms with E-state index in [1.54, 1.807) is 7.05 Å². The van der Waals surface area contributed by atoms with Crippen molar-refractivity contribution in [1.29, 1.82) is 0 Å². The molecule has 1 aromatic carbocycles. The van der Waals surface area contributed by atoms with Crippen molar-refractivity contribution in [3.63, 3.8) is 0 Å². The molecule has 1 atom stereocenters. The van der Waals surface area contributed by atoms with Crippen LogP contribution in [0.15, 0.2) is 39.9 Å². The summed E-state index contributed by atoms with van der Waals surface area (Å²) in [5, 5.41) is 0. The molecule has 4 rings (SSSR count). The standard InChI is InChI=1S/C18H21N5O2/c1-12-10-22(9-8-13-6-4-3-5-7-13)17-19-15-14(23(17)11-12)16(24)20-18(25)21(15)2/h3-7,12H,8-11H2,1-2H3,(H,20,24,25)/t12-/m0/s1. The van der Waals surface area contributed by atoms with E-state index in [9.17, 15) is 9.59 Å². The largest absolute Gasteiger partial charge is 0.342 e. The molecule has 2 aromatic heterocycles. The van der Waals surface area contributed by atoms with E-state index in [0.29, 0.717) is 17.1 Å². The number of H-pyrrole nitrogens is 1. The molecule has 0 fully saturated rings. The Bertz CT molecular complexity index is 1030. The molecule has 3 aromatic rings. The molecule has 3 heterocycles. The zero-order chi connectivity index (χ0) is 17.6. The maximum absolute atomic E-state index is 12.3. The number of imidazole rings is 1. The van der Waals surface area contributed by atoms with Crippen LogP contribution in [-0.4, -0.2) is 32.2 Å². The average molecular weight is 339 g/mol. The number of aromatic amines is 1. The van der Waals surface area contributed by atoms with Gasteiger partial charge in [0.25, 0.3) is 5.56 Å². The van der Waals surface area contributed by atoms with Gasteiger partial charge in [-0.25, -0.2) is 4.79 Å². The fourth-order valence-electron chi connectivity index (χ4n) is 3.56. The molecule has 25 heavy (non-hydrogen) atoms. The van der Waals surface area contributed by atoms with Crippen LogP contribution in [-0.2, 0) is 20.0 Å². The molecule has 0 saturated carbocycles. The third-order valence-electron chi connectivity index (χ3n) is 4.81. The quantitative estimate of drug-likeness (QED) is 0.776. The molecule has 1 aliphatic heterocycles. The van der Waals surface area contributed by atoms with E-state index in [2.05, 4.69) is 33.9 Å². The second-order valence-electron chi connectivity index (χ2n) is 6.80. The number of rotatable bonds is 3. The molecule has 0 bridgehead atoms.